The van der Waals surface area contributed by atoms with E-state index in [0.29, 0.717) is 11.1 Å². The molecule has 1 unspecified atom stereocenters. The van der Waals surface area contributed by atoms with Crippen molar-refractivity contribution in [3.63, 3.8) is 0 Å². The number of methoxy groups -OCH3 is 2. The van der Waals surface area contributed by atoms with Crippen molar-refractivity contribution in [3.8, 4) is 5.75 Å². The van der Waals surface area contributed by atoms with Gasteiger partial charge in [-0.05, 0) is 23.3 Å². The number of carbonyl (C=O) groups is 1. The van der Waals surface area contributed by atoms with Crippen LogP contribution in [0.3, 0.4) is 0 Å². The van der Waals surface area contributed by atoms with E-state index >= 15 is 0 Å². The summed E-state index contributed by atoms with van der Waals surface area (Å²) < 4.78 is 23.5. The lowest BCUT2D eigenvalue weighted by Gasteiger charge is -2.16. The van der Waals surface area contributed by atoms with Gasteiger partial charge in [0.05, 0.1) is 19.6 Å². The molecule has 0 bridgehead atoms. The third-order valence-electron chi connectivity index (χ3n) is 2.62. The number of benzene rings is 1. The summed E-state index contributed by atoms with van der Waals surface area (Å²) in [4.78, 5) is 11.1. The van der Waals surface area contributed by atoms with E-state index in [9.17, 15) is 9.18 Å². The maximum Gasteiger partial charge on any atom is 0.312 e. The highest BCUT2D eigenvalue weighted by Gasteiger charge is 2.23. The monoisotopic (exact) mass is 257 g/mol. The van der Waals surface area contributed by atoms with Gasteiger partial charge in [0.25, 0.3) is 0 Å². The van der Waals surface area contributed by atoms with Crippen molar-refractivity contribution >= 4 is 5.97 Å². The lowest BCUT2D eigenvalue weighted by molar-refractivity contribution is -0.138. The fourth-order valence-corrected chi connectivity index (χ4v) is 1.73. The average molecular weight is 257 g/mol. The lowest BCUT2D eigenvalue weighted by Crippen LogP contribution is -2.22. The van der Waals surface area contributed by atoms with Gasteiger partial charge in [0.2, 0.25) is 0 Å². The SMILES string of the molecule is COCc1cc(OC)c(F)cc1C(CN)C(=O)O. The molecule has 0 radical (unpaired) electrons. The largest absolute Gasteiger partial charge is 0.494 e. The van der Waals surface area contributed by atoms with Gasteiger partial charge in [-0.15, -0.1) is 0 Å². The van der Waals surface area contributed by atoms with E-state index < -0.39 is 17.7 Å². The van der Waals surface area contributed by atoms with Gasteiger partial charge in [-0.25, -0.2) is 4.39 Å². The molecule has 0 aromatic heterocycles. The predicted octanol–water partition coefficient (Wildman–Crippen LogP) is 1.11. The average Bonchev–Trinajstić information content (AvgIpc) is 2.32. The Hall–Kier alpha value is -1.66. The van der Waals surface area contributed by atoms with Crippen LogP contribution >= 0.6 is 0 Å². The Balaban J connectivity index is 3.31. The molecule has 6 heteroatoms. The van der Waals surface area contributed by atoms with Gasteiger partial charge in [-0.1, -0.05) is 0 Å². The number of hydrogen-bond donors (Lipinski definition) is 2. The quantitative estimate of drug-likeness (QED) is 0.797. The molecule has 3 N–H and O–H groups in total. The fraction of sp³-hybridized carbons (Fsp3) is 0.417. The Bertz CT molecular complexity index is 436. The van der Waals surface area contributed by atoms with Crippen LogP contribution in [-0.2, 0) is 16.1 Å². The summed E-state index contributed by atoms with van der Waals surface area (Å²) in [6.45, 7) is 0.0492. The molecule has 0 aliphatic rings. The van der Waals surface area contributed by atoms with E-state index in [0.717, 1.165) is 6.07 Å². The molecule has 1 aromatic rings. The van der Waals surface area contributed by atoms with Crippen molar-refractivity contribution < 1.29 is 23.8 Å². The van der Waals surface area contributed by atoms with Gasteiger partial charge in [-0.2, -0.15) is 0 Å². The molecular formula is C12H16FNO4. The minimum absolute atomic E-state index is 0.0481. The maximum absolute atomic E-state index is 13.6. The number of ether oxygens (including phenoxy) is 2. The third kappa shape index (κ3) is 2.96. The predicted molar refractivity (Wildman–Crippen MR) is 63.1 cm³/mol. The second-order valence-electron chi connectivity index (χ2n) is 3.75. The van der Waals surface area contributed by atoms with E-state index in [-0.39, 0.29) is 18.9 Å². The molecule has 0 saturated carbocycles. The lowest BCUT2D eigenvalue weighted by atomic mass is 9.94. The molecule has 0 fully saturated rings. The molecule has 18 heavy (non-hydrogen) atoms. The topological polar surface area (TPSA) is 81.8 Å². The highest BCUT2D eigenvalue weighted by Crippen LogP contribution is 2.28. The number of carboxylic acid groups (broad SMARTS) is 1. The molecule has 0 amide bonds. The zero-order chi connectivity index (χ0) is 13.7. The molecule has 5 nitrogen and oxygen atoms in total. The van der Waals surface area contributed by atoms with Crippen molar-refractivity contribution in [1.82, 2.24) is 0 Å². The molecule has 100 valence electrons. The summed E-state index contributed by atoms with van der Waals surface area (Å²) in [5.74, 6) is -2.63. The summed E-state index contributed by atoms with van der Waals surface area (Å²) in [6, 6.07) is 2.57. The molecule has 0 heterocycles. The molecule has 0 aliphatic carbocycles. The Kier molecular flexibility index (Phi) is 5.06. The van der Waals surface area contributed by atoms with Crippen LogP contribution in [0.15, 0.2) is 12.1 Å². The van der Waals surface area contributed by atoms with Gasteiger partial charge in [0, 0.05) is 13.7 Å². The third-order valence-corrected chi connectivity index (χ3v) is 2.62. The molecule has 0 aliphatic heterocycles. The first kappa shape index (κ1) is 14.4. The number of nitrogens with two attached hydrogens (primary N) is 1. The second kappa shape index (κ2) is 6.32. The summed E-state index contributed by atoms with van der Waals surface area (Å²) in [6.07, 6.45) is 0. The van der Waals surface area contributed by atoms with E-state index in [4.69, 9.17) is 20.3 Å². The van der Waals surface area contributed by atoms with Crippen LogP contribution in [0.2, 0.25) is 0 Å². The Morgan fingerprint density at radius 2 is 2.17 bits per heavy atom. The number of halogens is 1. The zero-order valence-electron chi connectivity index (χ0n) is 10.3. The molecule has 1 aromatic carbocycles. The Morgan fingerprint density at radius 1 is 1.50 bits per heavy atom. The van der Waals surface area contributed by atoms with Gasteiger partial charge >= 0.3 is 5.97 Å². The van der Waals surface area contributed by atoms with Crippen LogP contribution in [0.1, 0.15) is 17.0 Å². The standard InChI is InChI=1S/C12H16FNO4/c1-17-6-7-3-11(18-2)10(13)4-8(7)9(5-14)12(15)16/h3-4,9H,5-6,14H2,1-2H3,(H,15,16). The first-order valence-corrected chi connectivity index (χ1v) is 5.33. The van der Waals surface area contributed by atoms with Crippen LogP contribution in [0, 0.1) is 5.82 Å². The van der Waals surface area contributed by atoms with Crippen molar-refractivity contribution in [2.75, 3.05) is 20.8 Å². The highest BCUT2D eigenvalue weighted by atomic mass is 19.1. The number of hydrogen-bond acceptors (Lipinski definition) is 4. The van der Waals surface area contributed by atoms with Gasteiger partial charge < -0.3 is 20.3 Å². The van der Waals surface area contributed by atoms with Crippen molar-refractivity contribution in [3.05, 3.63) is 29.1 Å². The minimum Gasteiger partial charge on any atom is -0.494 e. The normalized spacial score (nSPS) is 12.2. The summed E-state index contributed by atoms with van der Waals surface area (Å²) in [7, 11) is 2.81. The molecule has 1 rings (SSSR count). The first-order valence-electron chi connectivity index (χ1n) is 5.33. The smallest absolute Gasteiger partial charge is 0.312 e. The van der Waals surface area contributed by atoms with E-state index in [1.807, 2.05) is 0 Å². The first-order chi connectivity index (χ1) is 8.54. The molecule has 1 atom stereocenters. The van der Waals surface area contributed by atoms with Crippen molar-refractivity contribution in [1.29, 1.82) is 0 Å². The number of carboxylic acids is 1. The molecule has 0 saturated heterocycles. The van der Waals surface area contributed by atoms with E-state index in [1.54, 1.807) is 0 Å². The van der Waals surface area contributed by atoms with Gasteiger partial charge in [0.15, 0.2) is 11.6 Å². The molecule has 0 spiro atoms. The van der Waals surface area contributed by atoms with Gasteiger partial charge in [-0.3, -0.25) is 4.79 Å². The van der Waals surface area contributed by atoms with Gasteiger partial charge in [0.1, 0.15) is 0 Å². The Labute approximate surface area is 104 Å². The maximum atomic E-state index is 13.6. The second-order valence-corrected chi connectivity index (χ2v) is 3.75. The van der Waals surface area contributed by atoms with Crippen molar-refractivity contribution in [2.24, 2.45) is 5.73 Å². The minimum atomic E-state index is -1.10. The Morgan fingerprint density at radius 3 is 2.61 bits per heavy atom. The number of aliphatic carboxylic acids is 1. The summed E-state index contributed by atoms with van der Waals surface area (Å²) >= 11 is 0. The highest BCUT2D eigenvalue weighted by molar-refractivity contribution is 5.77. The molecular weight excluding hydrogens is 241 g/mol. The van der Waals surface area contributed by atoms with Crippen LogP contribution < -0.4 is 10.5 Å². The van der Waals surface area contributed by atoms with Crippen LogP contribution in [-0.4, -0.2) is 31.8 Å². The fourth-order valence-electron chi connectivity index (χ4n) is 1.73. The summed E-state index contributed by atoms with van der Waals surface area (Å²) in [5.41, 5.74) is 6.28. The van der Waals surface area contributed by atoms with Crippen molar-refractivity contribution in [2.45, 2.75) is 12.5 Å². The van der Waals surface area contributed by atoms with Crippen LogP contribution in [0.4, 0.5) is 4.39 Å². The zero-order valence-corrected chi connectivity index (χ0v) is 10.3. The number of rotatable bonds is 6. The van der Waals surface area contributed by atoms with Crippen LogP contribution in [0.25, 0.3) is 0 Å². The van der Waals surface area contributed by atoms with E-state index in [1.165, 1.54) is 20.3 Å². The van der Waals surface area contributed by atoms with E-state index in [2.05, 4.69) is 0 Å². The van der Waals surface area contributed by atoms with Crippen LogP contribution in [0.5, 0.6) is 5.75 Å². The summed E-state index contributed by atoms with van der Waals surface area (Å²) in [5, 5.41) is 9.06.